The Kier molecular flexibility index (Phi) is 7.35. The topological polar surface area (TPSA) is 74.3 Å². The predicted octanol–water partition coefficient (Wildman–Crippen LogP) is 4.97. The van der Waals surface area contributed by atoms with Crippen LogP contribution in [-0.4, -0.2) is 55.9 Å². The molecule has 4 saturated carbocycles. The van der Waals surface area contributed by atoms with Crippen molar-refractivity contribution in [2.45, 2.75) is 70.0 Å². The van der Waals surface area contributed by atoms with Crippen molar-refractivity contribution in [3.8, 4) is 5.75 Å². The van der Waals surface area contributed by atoms with Crippen molar-refractivity contribution in [1.29, 1.82) is 0 Å². The van der Waals surface area contributed by atoms with E-state index in [1.165, 1.54) is 52.7 Å². The van der Waals surface area contributed by atoms with Gasteiger partial charge in [-0.25, -0.2) is 9.59 Å². The Labute approximate surface area is 219 Å². The van der Waals surface area contributed by atoms with Gasteiger partial charge in [-0.15, -0.1) is 0 Å². The number of esters is 2. The first-order chi connectivity index (χ1) is 17.8. The summed E-state index contributed by atoms with van der Waals surface area (Å²) < 4.78 is 23.0. The zero-order valence-electron chi connectivity index (χ0n) is 22.4. The summed E-state index contributed by atoms with van der Waals surface area (Å²) in [6.45, 7) is 4.94. The van der Waals surface area contributed by atoms with Crippen LogP contribution in [0.1, 0.15) is 63.9 Å². The van der Waals surface area contributed by atoms with Crippen LogP contribution in [0.15, 0.2) is 47.8 Å². The number of para-hydroxylation sites is 1. The normalized spacial score (nSPS) is 28.7. The van der Waals surface area contributed by atoms with Crippen molar-refractivity contribution in [3.05, 3.63) is 53.4 Å². The Hall–Kier alpha value is -2.80. The Morgan fingerprint density at radius 1 is 0.919 bits per heavy atom. The van der Waals surface area contributed by atoms with E-state index in [0.29, 0.717) is 35.6 Å². The Morgan fingerprint density at radius 3 is 1.97 bits per heavy atom. The average Bonchev–Trinajstić information content (AvgIpc) is 2.86. The molecule has 6 rings (SSSR count). The van der Waals surface area contributed by atoms with Crippen molar-refractivity contribution in [2.24, 2.45) is 17.8 Å². The van der Waals surface area contributed by atoms with E-state index in [-0.39, 0.29) is 11.7 Å². The van der Waals surface area contributed by atoms with Crippen LogP contribution in [0.5, 0.6) is 5.75 Å². The Bertz CT molecular complexity index is 1020. The highest BCUT2D eigenvalue weighted by Gasteiger charge is 2.51. The number of rotatable bonds is 9. The molecule has 7 heteroatoms. The second kappa shape index (κ2) is 10.5. The molecule has 4 fully saturated rings. The van der Waals surface area contributed by atoms with Crippen molar-refractivity contribution < 1.29 is 28.5 Å². The molecular formula is C30H39NO6. The lowest BCUT2D eigenvalue weighted by molar-refractivity contribution is -0.162. The average molecular weight is 510 g/mol. The van der Waals surface area contributed by atoms with Crippen molar-refractivity contribution in [3.63, 3.8) is 0 Å². The molecule has 0 N–H and O–H groups in total. The zero-order valence-corrected chi connectivity index (χ0v) is 22.4. The minimum atomic E-state index is -0.671. The molecule has 0 radical (unpaired) electrons. The van der Waals surface area contributed by atoms with E-state index in [1.54, 1.807) is 12.4 Å². The molecule has 0 aromatic heterocycles. The smallest absolute Gasteiger partial charge is 0.336 e. The van der Waals surface area contributed by atoms with Crippen LogP contribution in [0.4, 0.5) is 0 Å². The summed E-state index contributed by atoms with van der Waals surface area (Å²) in [5.74, 6) is 1.39. The van der Waals surface area contributed by atoms with Crippen LogP contribution in [-0.2, 0) is 23.8 Å². The van der Waals surface area contributed by atoms with Gasteiger partial charge in [-0.1, -0.05) is 18.2 Å². The molecule has 4 aliphatic carbocycles. The number of nitrogens with zero attached hydrogens (tertiary/aromatic N) is 1. The third-order valence-electron chi connectivity index (χ3n) is 8.41. The first-order valence-corrected chi connectivity index (χ1v) is 13.6. The molecule has 37 heavy (non-hydrogen) atoms. The number of carbonyl (C=O) groups excluding carboxylic acids is 2. The highest BCUT2D eigenvalue weighted by molar-refractivity contribution is 5.98. The van der Waals surface area contributed by atoms with E-state index in [0.717, 1.165) is 17.8 Å². The predicted molar refractivity (Wildman–Crippen MR) is 139 cm³/mol. The third-order valence-corrected chi connectivity index (χ3v) is 8.41. The molecule has 7 nitrogen and oxygen atoms in total. The standard InChI is InChI=1S/C30H39NO6/c1-19(2)37-26-8-6-5-7-23(26)27-24(28(32)34-3)17-31(18-25(27)29(33)35-4)9-10-36-30-14-20-11-21(15-30)13-22(12-20)16-30/h5-8,17-22,27H,9-16H2,1-4H3. The highest BCUT2D eigenvalue weighted by atomic mass is 16.5. The molecule has 5 aliphatic rings. The number of ether oxygens (including phenoxy) is 4. The highest BCUT2D eigenvalue weighted by Crippen LogP contribution is 2.57. The first kappa shape index (κ1) is 25.8. The van der Waals surface area contributed by atoms with E-state index < -0.39 is 17.9 Å². The quantitative estimate of drug-likeness (QED) is 0.435. The second-order valence-electron chi connectivity index (χ2n) is 11.5. The van der Waals surface area contributed by atoms with Gasteiger partial charge in [0.05, 0.1) is 49.6 Å². The van der Waals surface area contributed by atoms with E-state index in [4.69, 9.17) is 18.9 Å². The lowest BCUT2D eigenvalue weighted by Gasteiger charge is -2.56. The molecular weight excluding hydrogens is 470 g/mol. The number of hydrogen-bond acceptors (Lipinski definition) is 7. The fraction of sp³-hybridized carbons (Fsp3) is 0.600. The maximum Gasteiger partial charge on any atom is 0.336 e. The summed E-state index contributed by atoms with van der Waals surface area (Å²) in [7, 11) is 2.71. The van der Waals surface area contributed by atoms with Crippen LogP contribution in [0.25, 0.3) is 0 Å². The van der Waals surface area contributed by atoms with Crippen molar-refractivity contribution >= 4 is 11.9 Å². The number of methoxy groups -OCH3 is 2. The SMILES string of the molecule is COC(=O)C1=CN(CCOC23CC4CC(CC(C4)C2)C3)C=C(C(=O)OC)C1c1ccccc1OC(C)C. The third kappa shape index (κ3) is 5.28. The summed E-state index contributed by atoms with van der Waals surface area (Å²) in [6.07, 6.45) is 11.1. The largest absolute Gasteiger partial charge is 0.491 e. The molecule has 0 saturated heterocycles. The van der Waals surface area contributed by atoms with Crippen LogP contribution in [0.2, 0.25) is 0 Å². The lowest BCUT2D eigenvalue weighted by Crippen LogP contribution is -2.52. The molecule has 0 atom stereocenters. The van der Waals surface area contributed by atoms with Gasteiger partial charge in [-0.05, 0) is 76.2 Å². The van der Waals surface area contributed by atoms with Gasteiger partial charge in [0.1, 0.15) is 5.75 Å². The summed E-state index contributed by atoms with van der Waals surface area (Å²) in [5, 5.41) is 0. The number of benzene rings is 1. The lowest BCUT2D eigenvalue weighted by atomic mass is 9.54. The molecule has 1 aliphatic heterocycles. The van der Waals surface area contributed by atoms with Gasteiger partial charge in [-0.2, -0.15) is 0 Å². The fourth-order valence-electron chi connectivity index (χ4n) is 7.41. The van der Waals surface area contributed by atoms with Gasteiger partial charge in [0, 0.05) is 24.5 Å². The molecule has 1 heterocycles. The number of carbonyl (C=O) groups is 2. The van der Waals surface area contributed by atoms with Gasteiger partial charge in [-0.3, -0.25) is 0 Å². The van der Waals surface area contributed by atoms with Crippen LogP contribution < -0.4 is 4.74 Å². The summed E-state index contributed by atoms with van der Waals surface area (Å²) in [4.78, 5) is 27.9. The molecule has 4 bridgehead atoms. The Morgan fingerprint density at radius 2 is 1.46 bits per heavy atom. The Balaban J connectivity index is 1.40. The van der Waals surface area contributed by atoms with Gasteiger partial charge < -0.3 is 23.8 Å². The maximum atomic E-state index is 13.0. The van der Waals surface area contributed by atoms with Gasteiger partial charge in [0.25, 0.3) is 0 Å². The molecule has 200 valence electrons. The second-order valence-corrected chi connectivity index (χ2v) is 11.5. The summed E-state index contributed by atoms with van der Waals surface area (Å²) >= 11 is 0. The van der Waals surface area contributed by atoms with E-state index in [9.17, 15) is 9.59 Å². The van der Waals surface area contributed by atoms with Crippen molar-refractivity contribution in [2.75, 3.05) is 27.4 Å². The molecule has 1 aromatic carbocycles. The monoisotopic (exact) mass is 509 g/mol. The first-order valence-electron chi connectivity index (χ1n) is 13.6. The van der Waals surface area contributed by atoms with E-state index in [2.05, 4.69) is 0 Å². The minimum absolute atomic E-state index is 0.00395. The fourth-order valence-corrected chi connectivity index (χ4v) is 7.41. The van der Waals surface area contributed by atoms with Gasteiger partial charge in [0.2, 0.25) is 0 Å². The summed E-state index contributed by atoms with van der Waals surface area (Å²) in [5.41, 5.74) is 1.44. The molecule has 0 amide bonds. The van der Waals surface area contributed by atoms with Crippen molar-refractivity contribution in [1.82, 2.24) is 4.90 Å². The zero-order chi connectivity index (χ0) is 26.2. The van der Waals surface area contributed by atoms with Crippen LogP contribution >= 0.6 is 0 Å². The minimum Gasteiger partial charge on any atom is -0.491 e. The van der Waals surface area contributed by atoms with Gasteiger partial charge in [0.15, 0.2) is 0 Å². The van der Waals surface area contributed by atoms with Crippen LogP contribution in [0, 0.1) is 17.8 Å². The molecule has 0 unspecified atom stereocenters. The molecule has 1 aromatic rings. The summed E-state index contributed by atoms with van der Waals surface area (Å²) in [6, 6.07) is 7.48. The van der Waals surface area contributed by atoms with E-state index in [1.807, 2.05) is 43.0 Å². The number of hydrogen-bond donors (Lipinski definition) is 0. The molecule has 0 spiro atoms. The van der Waals surface area contributed by atoms with E-state index >= 15 is 0 Å². The van der Waals surface area contributed by atoms with Crippen LogP contribution in [0.3, 0.4) is 0 Å². The maximum absolute atomic E-state index is 13.0. The van der Waals surface area contributed by atoms with Gasteiger partial charge >= 0.3 is 11.9 Å².